The molecule has 0 spiro atoms. The van der Waals surface area contributed by atoms with Crippen molar-refractivity contribution >= 4 is 34.7 Å². The summed E-state index contributed by atoms with van der Waals surface area (Å²) in [5.41, 5.74) is 0.870. The molecule has 0 aromatic carbocycles. The SMILES string of the molecule is Cc1nc(CC(=O)N2CCN(c3ccc(Cl)cn3)CC2)cs1. The number of halogens is 1. The van der Waals surface area contributed by atoms with Crippen LogP contribution in [0.25, 0.3) is 0 Å². The molecule has 1 saturated heterocycles. The number of hydrogen-bond acceptors (Lipinski definition) is 5. The molecule has 0 aliphatic carbocycles. The van der Waals surface area contributed by atoms with E-state index in [1.54, 1.807) is 17.5 Å². The van der Waals surface area contributed by atoms with Crippen LogP contribution in [0.2, 0.25) is 5.02 Å². The summed E-state index contributed by atoms with van der Waals surface area (Å²) >= 11 is 7.44. The number of rotatable bonds is 3. The highest BCUT2D eigenvalue weighted by Crippen LogP contribution is 2.17. The molecule has 0 radical (unpaired) electrons. The van der Waals surface area contributed by atoms with E-state index in [2.05, 4.69) is 14.9 Å². The third-order valence-electron chi connectivity index (χ3n) is 3.67. The van der Waals surface area contributed by atoms with E-state index in [0.717, 1.165) is 29.6 Å². The first-order valence-corrected chi connectivity index (χ1v) is 8.43. The topological polar surface area (TPSA) is 49.3 Å². The Morgan fingerprint density at radius 1 is 1.32 bits per heavy atom. The van der Waals surface area contributed by atoms with E-state index in [1.165, 1.54) is 0 Å². The van der Waals surface area contributed by atoms with Crippen LogP contribution in [0.5, 0.6) is 0 Å². The fourth-order valence-electron chi connectivity index (χ4n) is 2.50. The number of hydrogen-bond donors (Lipinski definition) is 0. The first-order chi connectivity index (χ1) is 10.6. The van der Waals surface area contributed by atoms with E-state index < -0.39 is 0 Å². The van der Waals surface area contributed by atoms with Gasteiger partial charge in [0.05, 0.1) is 22.1 Å². The van der Waals surface area contributed by atoms with Crippen molar-refractivity contribution in [1.29, 1.82) is 0 Å². The zero-order chi connectivity index (χ0) is 15.5. The zero-order valence-corrected chi connectivity index (χ0v) is 13.9. The van der Waals surface area contributed by atoms with E-state index in [9.17, 15) is 4.79 Å². The Morgan fingerprint density at radius 3 is 2.68 bits per heavy atom. The number of aryl methyl sites for hydroxylation is 1. The maximum atomic E-state index is 12.3. The van der Waals surface area contributed by atoms with Crippen LogP contribution in [0.4, 0.5) is 5.82 Å². The predicted octanol–water partition coefficient (Wildman–Crippen LogP) is 2.39. The van der Waals surface area contributed by atoms with E-state index >= 15 is 0 Å². The van der Waals surface area contributed by atoms with Gasteiger partial charge < -0.3 is 9.80 Å². The minimum Gasteiger partial charge on any atom is -0.353 e. The summed E-state index contributed by atoms with van der Waals surface area (Å²) in [6.45, 7) is 4.96. The Bertz CT molecular complexity index is 650. The minimum absolute atomic E-state index is 0.147. The van der Waals surface area contributed by atoms with Crippen LogP contribution in [0.3, 0.4) is 0 Å². The van der Waals surface area contributed by atoms with Crippen LogP contribution in [0, 0.1) is 6.92 Å². The number of pyridine rings is 1. The summed E-state index contributed by atoms with van der Waals surface area (Å²) in [7, 11) is 0. The van der Waals surface area contributed by atoms with Crippen LogP contribution < -0.4 is 4.90 Å². The van der Waals surface area contributed by atoms with Gasteiger partial charge in [-0.3, -0.25) is 4.79 Å². The predicted molar refractivity (Wildman–Crippen MR) is 88.6 cm³/mol. The molecule has 0 bridgehead atoms. The van der Waals surface area contributed by atoms with Crippen LogP contribution >= 0.6 is 22.9 Å². The van der Waals surface area contributed by atoms with Gasteiger partial charge in [-0.15, -0.1) is 11.3 Å². The van der Waals surface area contributed by atoms with Crippen molar-refractivity contribution in [3.05, 3.63) is 39.4 Å². The van der Waals surface area contributed by atoms with Gasteiger partial charge in [0.2, 0.25) is 5.91 Å². The molecule has 1 amide bonds. The number of aromatic nitrogens is 2. The first-order valence-electron chi connectivity index (χ1n) is 7.17. The number of thiazole rings is 1. The fourth-order valence-corrected chi connectivity index (χ4v) is 3.22. The molecule has 0 atom stereocenters. The van der Waals surface area contributed by atoms with Gasteiger partial charge in [0.25, 0.3) is 0 Å². The lowest BCUT2D eigenvalue weighted by Crippen LogP contribution is -2.49. The van der Waals surface area contributed by atoms with Crippen molar-refractivity contribution in [3.63, 3.8) is 0 Å². The third kappa shape index (κ3) is 3.56. The lowest BCUT2D eigenvalue weighted by Gasteiger charge is -2.35. The molecular formula is C15H17ClN4OS. The molecule has 22 heavy (non-hydrogen) atoms. The molecule has 1 fully saturated rings. The van der Waals surface area contributed by atoms with Crippen molar-refractivity contribution in [1.82, 2.24) is 14.9 Å². The van der Waals surface area contributed by atoms with Gasteiger partial charge in [-0.05, 0) is 19.1 Å². The minimum atomic E-state index is 0.147. The second-order valence-electron chi connectivity index (χ2n) is 5.24. The van der Waals surface area contributed by atoms with Crippen LogP contribution in [0.15, 0.2) is 23.7 Å². The number of amides is 1. The van der Waals surface area contributed by atoms with E-state index in [-0.39, 0.29) is 5.91 Å². The number of nitrogens with zero attached hydrogens (tertiary/aromatic N) is 4. The molecule has 0 saturated carbocycles. The lowest BCUT2D eigenvalue weighted by molar-refractivity contribution is -0.130. The highest BCUT2D eigenvalue weighted by Gasteiger charge is 2.22. The summed E-state index contributed by atoms with van der Waals surface area (Å²) in [5, 5.41) is 3.60. The Hall–Kier alpha value is -1.66. The van der Waals surface area contributed by atoms with Gasteiger partial charge in [0.15, 0.2) is 0 Å². The van der Waals surface area contributed by atoms with Crippen molar-refractivity contribution in [2.75, 3.05) is 31.1 Å². The van der Waals surface area contributed by atoms with E-state index in [0.29, 0.717) is 24.5 Å². The molecule has 3 rings (SSSR count). The Balaban J connectivity index is 1.54. The molecule has 7 heteroatoms. The van der Waals surface area contributed by atoms with Crippen molar-refractivity contribution in [3.8, 4) is 0 Å². The van der Waals surface area contributed by atoms with Gasteiger partial charge in [-0.1, -0.05) is 11.6 Å². The normalized spacial score (nSPS) is 15.2. The summed E-state index contributed by atoms with van der Waals surface area (Å²) < 4.78 is 0. The molecule has 0 N–H and O–H groups in total. The zero-order valence-electron chi connectivity index (χ0n) is 12.3. The summed E-state index contributed by atoms with van der Waals surface area (Å²) in [6.07, 6.45) is 2.04. The molecule has 116 valence electrons. The highest BCUT2D eigenvalue weighted by atomic mass is 35.5. The summed E-state index contributed by atoms with van der Waals surface area (Å²) in [4.78, 5) is 25.1. The third-order valence-corrected chi connectivity index (χ3v) is 4.71. The molecule has 1 aliphatic heterocycles. The Labute approximate surface area is 138 Å². The first kappa shape index (κ1) is 15.2. The summed E-state index contributed by atoms with van der Waals surface area (Å²) in [6, 6.07) is 3.75. The average molecular weight is 337 g/mol. The standard InChI is InChI=1S/C15H17ClN4OS/c1-11-18-13(10-22-11)8-15(21)20-6-4-19(5-7-20)14-3-2-12(16)9-17-14/h2-3,9-10H,4-8H2,1H3. The maximum Gasteiger partial charge on any atom is 0.228 e. The van der Waals surface area contributed by atoms with Crippen LogP contribution in [-0.4, -0.2) is 47.0 Å². The second kappa shape index (κ2) is 6.62. The summed E-state index contributed by atoms with van der Waals surface area (Å²) in [5.74, 6) is 1.06. The molecular weight excluding hydrogens is 320 g/mol. The van der Waals surface area contributed by atoms with Gasteiger partial charge >= 0.3 is 0 Å². The number of piperazine rings is 1. The van der Waals surface area contributed by atoms with Crippen molar-refractivity contribution in [2.24, 2.45) is 0 Å². The monoisotopic (exact) mass is 336 g/mol. The van der Waals surface area contributed by atoms with Crippen molar-refractivity contribution < 1.29 is 4.79 Å². The van der Waals surface area contributed by atoms with Gasteiger partial charge in [0, 0.05) is 37.8 Å². The Kier molecular flexibility index (Phi) is 4.59. The smallest absolute Gasteiger partial charge is 0.228 e. The largest absolute Gasteiger partial charge is 0.353 e. The molecule has 5 nitrogen and oxygen atoms in total. The van der Waals surface area contributed by atoms with Crippen LogP contribution in [0.1, 0.15) is 10.7 Å². The van der Waals surface area contributed by atoms with E-state index in [4.69, 9.17) is 11.6 Å². The molecule has 1 aliphatic rings. The fraction of sp³-hybridized carbons (Fsp3) is 0.400. The highest BCUT2D eigenvalue weighted by molar-refractivity contribution is 7.09. The number of carbonyl (C=O) groups is 1. The van der Waals surface area contributed by atoms with Gasteiger partial charge in [0.1, 0.15) is 5.82 Å². The molecule has 3 heterocycles. The number of carbonyl (C=O) groups excluding carboxylic acids is 1. The molecule has 2 aromatic heterocycles. The number of anilines is 1. The maximum absolute atomic E-state index is 12.3. The average Bonchev–Trinajstić information content (AvgIpc) is 2.93. The quantitative estimate of drug-likeness (QED) is 0.863. The van der Waals surface area contributed by atoms with Gasteiger partial charge in [-0.2, -0.15) is 0 Å². The molecule has 2 aromatic rings. The lowest BCUT2D eigenvalue weighted by atomic mass is 10.2. The van der Waals surface area contributed by atoms with E-state index in [1.807, 2.05) is 29.3 Å². The van der Waals surface area contributed by atoms with Crippen LogP contribution in [-0.2, 0) is 11.2 Å². The second-order valence-corrected chi connectivity index (χ2v) is 6.74. The van der Waals surface area contributed by atoms with Gasteiger partial charge in [-0.25, -0.2) is 9.97 Å². The Morgan fingerprint density at radius 2 is 2.09 bits per heavy atom. The van der Waals surface area contributed by atoms with Crippen molar-refractivity contribution in [2.45, 2.75) is 13.3 Å². The molecule has 0 unspecified atom stereocenters.